The van der Waals surface area contributed by atoms with E-state index in [2.05, 4.69) is 46.8 Å². The lowest BCUT2D eigenvalue weighted by molar-refractivity contribution is -0.144. The molecular weight excluding hydrogens is 360 g/mol. The van der Waals surface area contributed by atoms with Crippen LogP contribution in [0.15, 0.2) is 48.5 Å². The first-order valence-corrected chi connectivity index (χ1v) is 10.5. The van der Waals surface area contributed by atoms with Gasteiger partial charge in [0.2, 0.25) is 0 Å². The molecule has 29 heavy (non-hydrogen) atoms. The number of esters is 1. The van der Waals surface area contributed by atoms with Gasteiger partial charge in [0.15, 0.2) is 0 Å². The summed E-state index contributed by atoms with van der Waals surface area (Å²) in [6.07, 6.45) is 1.69. The molecule has 0 heterocycles. The van der Waals surface area contributed by atoms with Crippen LogP contribution in [0.3, 0.4) is 0 Å². The van der Waals surface area contributed by atoms with E-state index in [1.165, 1.54) is 5.56 Å². The lowest BCUT2D eigenvalue weighted by atomic mass is 9.78. The molecule has 0 aliphatic rings. The summed E-state index contributed by atoms with van der Waals surface area (Å²) < 4.78 is 11.6. The number of benzene rings is 2. The summed E-state index contributed by atoms with van der Waals surface area (Å²) >= 11 is 0. The molecule has 0 aliphatic heterocycles. The standard InChI is InChI=1S/C26H36O3/c1-9-24(3,4)23(27)28-21-15-11-19(12-16-21)26(7,8)20-13-17-22(18-14-20)29-25(5,6)10-2/h11-18H,9-10H2,1-8H3. The van der Waals surface area contributed by atoms with E-state index >= 15 is 0 Å². The van der Waals surface area contributed by atoms with E-state index in [-0.39, 0.29) is 17.0 Å². The second kappa shape index (κ2) is 8.61. The van der Waals surface area contributed by atoms with Crippen LogP contribution >= 0.6 is 0 Å². The zero-order valence-electron chi connectivity index (χ0n) is 19.3. The minimum absolute atomic E-state index is 0.170. The van der Waals surface area contributed by atoms with Crippen LogP contribution < -0.4 is 9.47 Å². The van der Waals surface area contributed by atoms with Gasteiger partial charge in [-0.15, -0.1) is 0 Å². The average molecular weight is 397 g/mol. The third kappa shape index (κ3) is 5.62. The maximum atomic E-state index is 12.3. The Balaban J connectivity index is 2.16. The lowest BCUT2D eigenvalue weighted by Crippen LogP contribution is -2.28. The Morgan fingerprint density at radius 1 is 0.724 bits per heavy atom. The summed E-state index contributed by atoms with van der Waals surface area (Å²) in [5.74, 6) is 1.27. The maximum absolute atomic E-state index is 12.3. The van der Waals surface area contributed by atoms with Crippen molar-refractivity contribution in [1.29, 1.82) is 0 Å². The molecule has 0 saturated heterocycles. The van der Waals surface area contributed by atoms with Crippen molar-refractivity contribution >= 4 is 5.97 Å². The second-order valence-electron chi connectivity index (χ2n) is 9.52. The van der Waals surface area contributed by atoms with E-state index < -0.39 is 5.41 Å². The van der Waals surface area contributed by atoms with Gasteiger partial charge in [0.25, 0.3) is 0 Å². The molecule has 2 aromatic rings. The van der Waals surface area contributed by atoms with Crippen molar-refractivity contribution in [3.8, 4) is 11.5 Å². The number of rotatable bonds is 8. The Morgan fingerprint density at radius 3 is 1.59 bits per heavy atom. The van der Waals surface area contributed by atoms with E-state index in [1.807, 2.05) is 57.2 Å². The van der Waals surface area contributed by atoms with Crippen molar-refractivity contribution in [1.82, 2.24) is 0 Å². The first kappa shape index (κ1) is 23.0. The van der Waals surface area contributed by atoms with Crippen LogP contribution in [0.5, 0.6) is 11.5 Å². The second-order valence-corrected chi connectivity index (χ2v) is 9.52. The van der Waals surface area contributed by atoms with Gasteiger partial charge in [0.1, 0.15) is 17.1 Å². The topological polar surface area (TPSA) is 35.5 Å². The molecule has 0 fully saturated rings. The summed E-state index contributed by atoms with van der Waals surface area (Å²) in [7, 11) is 0. The summed E-state index contributed by atoms with van der Waals surface area (Å²) in [6, 6.07) is 16.1. The highest BCUT2D eigenvalue weighted by molar-refractivity contribution is 5.78. The molecule has 0 spiro atoms. The molecule has 2 aromatic carbocycles. The summed E-state index contributed by atoms with van der Waals surface area (Å²) in [6.45, 7) is 16.5. The van der Waals surface area contributed by atoms with E-state index in [0.29, 0.717) is 5.75 Å². The Morgan fingerprint density at radius 2 is 1.17 bits per heavy atom. The van der Waals surface area contributed by atoms with Crippen LogP contribution in [0.25, 0.3) is 0 Å². The minimum atomic E-state index is -0.478. The lowest BCUT2D eigenvalue weighted by Gasteiger charge is -2.28. The molecular formula is C26H36O3. The third-order valence-electron chi connectivity index (χ3n) is 6.04. The van der Waals surface area contributed by atoms with Gasteiger partial charge in [-0.3, -0.25) is 4.79 Å². The molecule has 158 valence electrons. The Labute approximate surface area is 176 Å². The molecule has 0 unspecified atom stereocenters. The number of carbonyl (C=O) groups excluding carboxylic acids is 1. The van der Waals surface area contributed by atoms with Crippen LogP contribution in [0.4, 0.5) is 0 Å². The van der Waals surface area contributed by atoms with Gasteiger partial charge in [-0.25, -0.2) is 0 Å². The highest BCUT2D eigenvalue weighted by atomic mass is 16.5. The van der Waals surface area contributed by atoms with E-state index in [9.17, 15) is 4.79 Å². The van der Waals surface area contributed by atoms with Crippen molar-refractivity contribution in [3.63, 3.8) is 0 Å². The molecule has 0 saturated carbocycles. The Hall–Kier alpha value is -2.29. The molecule has 3 heteroatoms. The summed E-state index contributed by atoms with van der Waals surface area (Å²) in [5, 5.41) is 0. The highest BCUT2D eigenvalue weighted by Crippen LogP contribution is 2.34. The predicted octanol–water partition coefficient (Wildman–Crippen LogP) is 6.92. The summed E-state index contributed by atoms with van der Waals surface area (Å²) in [4.78, 5) is 12.3. The Bertz CT molecular complexity index is 812. The van der Waals surface area contributed by atoms with Crippen LogP contribution in [0.2, 0.25) is 0 Å². The largest absolute Gasteiger partial charge is 0.488 e. The predicted molar refractivity (Wildman–Crippen MR) is 120 cm³/mol. The van der Waals surface area contributed by atoms with Crippen LogP contribution in [-0.4, -0.2) is 11.6 Å². The van der Waals surface area contributed by atoms with E-state index in [0.717, 1.165) is 24.2 Å². The van der Waals surface area contributed by atoms with Crippen molar-refractivity contribution < 1.29 is 14.3 Å². The molecule has 0 bridgehead atoms. The number of hydrogen-bond acceptors (Lipinski definition) is 3. The van der Waals surface area contributed by atoms with Crippen molar-refractivity contribution in [3.05, 3.63) is 59.7 Å². The fourth-order valence-electron chi connectivity index (χ4n) is 2.83. The minimum Gasteiger partial charge on any atom is -0.488 e. The molecule has 0 atom stereocenters. The zero-order valence-corrected chi connectivity index (χ0v) is 19.3. The van der Waals surface area contributed by atoms with Crippen LogP contribution in [0.1, 0.15) is 79.4 Å². The highest BCUT2D eigenvalue weighted by Gasteiger charge is 2.28. The molecule has 2 rings (SSSR count). The molecule has 0 aliphatic carbocycles. The van der Waals surface area contributed by atoms with Crippen LogP contribution in [0, 0.1) is 5.41 Å². The SMILES string of the molecule is CCC(C)(C)Oc1ccc(C(C)(C)c2ccc(OC(=O)C(C)(C)CC)cc2)cc1. The number of carbonyl (C=O) groups is 1. The number of hydrogen-bond donors (Lipinski definition) is 0. The first-order valence-electron chi connectivity index (χ1n) is 10.5. The molecule has 3 nitrogen and oxygen atoms in total. The quantitative estimate of drug-likeness (QED) is 0.359. The van der Waals surface area contributed by atoms with Gasteiger partial charge in [-0.1, -0.05) is 52.0 Å². The molecule has 0 aromatic heterocycles. The first-order chi connectivity index (χ1) is 13.4. The third-order valence-corrected chi connectivity index (χ3v) is 6.04. The van der Waals surface area contributed by atoms with E-state index in [4.69, 9.17) is 9.47 Å². The van der Waals surface area contributed by atoms with Crippen molar-refractivity contribution in [2.45, 2.75) is 79.2 Å². The van der Waals surface area contributed by atoms with Gasteiger partial charge in [-0.05, 0) is 75.9 Å². The average Bonchev–Trinajstić information content (AvgIpc) is 2.68. The Kier molecular flexibility index (Phi) is 6.82. The van der Waals surface area contributed by atoms with Gasteiger partial charge in [0.05, 0.1) is 5.41 Å². The van der Waals surface area contributed by atoms with Crippen molar-refractivity contribution in [2.75, 3.05) is 0 Å². The van der Waals surface area contributed by atoms with E-state index in [1.54, 1.807) is 0 Å². The van der Waals surface area contributed by atoms with Gasteiger partial charge >= 0.3 is 5.97 Å². The molecule has 0 amide bonds. The number of ether oxygens (including phenoxy) is 2. The molecule has 0 radical (unpaired) electrons. The smallest absolute Gasteiger partial charge is 0.316 e. The molecule has 0 N–H and O–H groups in total. The van der Waals surface area contributed by atoms with Gasteiger partial charge in [-0.2, -0.15) is 0 Å². The monoisotopic (exact) mass is 396 g/mol. The van der Waals surface area contributed by atoms with Gasteiger partial charge in [0, 0.05) is 5.41 Å². The fraction of sp³-hybridized carbons (Fsp3) is 0.500. The van der Waals surface area contributed by atoms with Crippen LogP contribution in [-0.2, 0) is 10.2 Å². The maximum Gasteiger partial charge on any atom is 0.316 e. The zero-order chi connectivity index (χ0) is 21.9. The fourth-order valence-corrected chi connectivity index (χ4v) is 2.83. The summed E-state index contributed by atoms with van der Waals surface area (Å²) in [5.41, 5.74) is 1.54. The van der Waals surface area contributed by atoms with Crippen molar-refractivity contribution in [2.24, 2.45) is 5.41 Å². The normalized spacial score (nSPS) is 12.6. The van der Waals surface area contributed by atoms with Gasteiger partial charge < -0.3 is 9.47 Å².